The van der Waals surface area contributed by atoms with Crippen molar-refractivity contribution >= 4 is 17.9 Å². The minimum Gasteiger partial charge on any atom is -0.462 e. The smallest absolute Gasteiger partial charge is 0.306 e. The molecule has 0 amide bonds. The van der Waals surface area contributed by atoms with Gasteiger partial charge in [0.05, 0.1) is 0 Å². The van der Waals surface area contributed by atoms with E-state index < -0.39 is 6.10 Å². The van der Waals surface area contributed by atoms with Crippen LogP contribution in [0.1, 0.15) is 278 Å². The molecule has 0 radical (unpaired) electrons. The molecule has 6 heteroatoms. The Morgan fingerprint density at radius 1 is 0.339 bits per heavy atom. The average molecular weight is 793 g/mol. The molecular weight excluding hydrogens is 697 g/mol. The number of ether oxygens (including phenoxy) is 3. The van der Waals surface area contributed by atoms with E-state index in [0.29, 0.717) is 19.3 Å². The van der Waals surface area contributed by atoms with Crippen LogP contribution in [0.3, 0.4) is 0 Å². The topological polar surface area (TPSA) is 78.9 Å². The summed E-state index contributed by atoms with van der Waals surface area (Å²) < 4.78 is 16.8. The van der Waals surface area contributed by atoms with Gasteiger partial charge in [-0.1, -0.05) is 240 Å². The zero-order chi connectivity index (χ0) is 41.0. The second-order valence-electron chi connectivity index (χ2n) is 17.6. The van der Waals surface area contributed by atoms with Crippen molar-refractivity contribution in [2.45, 2.75) is 284 Å². The van der Waals surface area contributed by atoms with Crippen LogP contribution in [-0.4, -0.2) is 37.2 Å². The van der Waals surface area contributed by atoms with Gasteiger partial charge < -0.3 is 14.2 Å². The van der Waals surface area contributed by atoms with Crippen LogP contribution in [0.4, 0.5) is 0 Å². The molecule has 0 aliphatic heterocycles. The fourth-order valence-corrected chi connectivity index (χ4v) is 7.51. The van der Waals surface area contributed by atoms with Gasteiger partial charge in [-0.05, 0) is 25.2 Å². The number of carbonyl (C=O) groups is 3. The summed E-state index contributed by atoms with van der Waals surface area (Å²) in [5, 5.41) is 0. The van der Waals surface area contributed by atoms with Gasteiger partial charge in [0.15, 0.2) is 6.10 Å². The predicted octanol–water partition coefficient (Wildman–Crippen LogP) is 15.9. The van der Waals surface area contributed by atoms with Crippen LogP contribution in [-0.2, 0) is 28.6 Å². The number of hydrogen-bond donors (Lipinski definition) is 0. The summed E-state index contributed by atoms with van der Waals surface area (Å²) in [4.78, 5) is 37.8. The summed E-state index contributed by atoms with van der Waals surface area (Å²) in [6, 6.07) is 0. The summed E-state index contributed by atoms with van der Waals surface area (Å²) in [6.45, 7) is 9.00. The molecule has 0 heterocycles. The van der Waals surface area contributed by atoms with Crippen molar-refractivity contribution in [2.24, 2.45) is 5.92 Å². The maximum Gasteiger partial charge on any atom is 0.306 e. The first-order valence-electron chi connectivity index (χ1n) is 24.9. The molecule has 0 bridgehead atoms. The normalized spacial score (nSPS) is 11.9. The summed E-state index contributed by atoms with van der Waals surface area (Å²) in [7, 11) is 0. The lowest BCUT2D eigenvalue weighted by Crippen LogP contribution is -2.30. The Labute approximate surface area is 348 Å². The van der Waals surface area contributed by atoms with Gasteiger partial charge in [0, 0.05) is 19.3 Å². The van der Waals surface area contributed by atoms with Gasteiger partial charge in [-0.15, -0.1) is 0 Å². The maximum atomic E-state index is 12.7. The van der Waals surface area contributed by atoms with E-state index in [1.54, 1.807) is 0 Å². The fraction of sp³-hybridized carbons (Fsp3) is 0.940. The Hall–Kier alpha value is -1.59. The molecule has 0 rings (SSSR count). The van der Waals surface area contributed by atoms with Crippen molar-refractivity contribution < 1.29 is 28.6 Å². The van der Waals surface area contributed by atoms with E-state index >= 15 is 0 Å². The molecule has 0 unspecified atom stereocenters. The van der Waals surface area contributed by atoms with Crippen LogP contribution >= 0.6 is 0 Å². The van der Waals surface area contributed by atoms with E-state index in [2.05, 4.69) is 27.7 Å². The third kappa shape index (κ3) is 43.5. The SMILES string of the molecule is CCCCCCCCCCCCCCCCC(=O)OC[C@H](COC(=O)CCCCCCCCCCCCC)OC(=O)CCCCCCCCCCCCC(C)C. The van der Waals surface area contributed by atoms with Gasteiger partial charge in [-0.2, -0.15) is 0 Å². The molecule has 0 aromatic heterocycles. The van der Waals surface area contributed by atoms with Crippen molar-refractivity contribution in [3.05, 3.63) is 0 Å². The number of carbonyl (C=O) groups excluding carboxylic acids is 3. The van der Waals surface area contributed by atoms with Crippen molar-refractivity contribution in [3.63, 3.8) is 0 Å². The lowest BCUT2D eigenvalue weighted by Gasteiger charge is -2.18. The van der Waals surface area contributed by atoms with Gasteiger partial charge in [0.1, 0.15) is 13.2 Å². The van der Waals surface area contributed by atoms with Crippen molar-refractivity contribution in [3.8, 4) is 0 Å². The number of hydrogen-bond acceptors (Lipinski definition) is 6. The van der Waals surface area contributed by atoms with Crippen LogP contribution < -0.4 is 0 Å². The molecule has 0 aromatic rings. The Kier molecular flexibility index (Phi) is 43.2. The van der Waals surface area contributed by atoms with E-state index in [-0.39, 0.29) is 31.1 Å². The largest absolute Gasteiger partial charge is 0.462 e. The standard InChI is InChI=1S/C50H96O6/c1-5-7-9-11-13-15-17-18-19-21-26-30-34-38-42-49(52)55-45-47(44-54-48(51)41-37-33-29-25-20-16-14-12-10-8-6-2)56-50(53)43-39-35-31-27-23-22-24-28-32-36-40-46(3)4/h46-47H,5-45H2,1-4H3/t47-/m0/s1. The minimum atomic E-state index is -0.760. The zero-order valence-electron chi connectivity index (χ0n) is 38.1. The fourth-order valence-electron chi connectivity index (χ4n) is 7.51. The van der Waals surface area contributed by atoms with Gasteiger partial charge in [0.25, 0.3) is 0 Å². The van der Waals surface area contributed by atoms with Gasteiger partial charge >= 0.3 is 17.9 Å². The Bertz CT molecular complexity index is 841. The van der Waals surface area contributed by atoms with Gasteiger partial charge in [-0.25, -0.2) is 0 Å². The second kappa shape index (κ2) is 44.5. The second-order valence-corrected chi connectivity index (χ2v) is 17.6. The molecule has 0 saturated heterocycles. The highest BCUT2D eigenvalue weighted by atomic mass is 16.6. The molecular formula is C50H96O6. The van der Waals surface area contributed by atoms with Crippen LogP contribution in [0.2, 0.25) is 0 Å². The number of rotatable bonds is 45. The van der Waals surface area contributed by atoms with Crippen molar-refractivity contribution in [1.82, 2.24) is 0 Å². The summed E-state index contributed by atoms with van der Waals surface area (Å²) in [5.41, 5.74) is 0. The first-order chi connectivity index (χ1) is 27.4. The number of unbranched alkanes of at least 4 members (excludes halogenated alkanes) is 32. The lowest BCUT2D eigenvalue weighted by molar-refractivity contribution is -0.167. The molecule has 0 aliphatic rings. The molecule has 0 aromatic carbocycles. The predicted molar refractivity (Wildman–Crippen MR) is 238 cm³/mol. The van der Waals surface area contributed by atoms with Gasteiger partial charge in [-0.3, -0.25) is 14.4 Å². The average Bonchev–Trinajstić information content (AvgIpc) is 3.18. The van der Waals surface area contributed by atoms with Crippen molar-refractivity contribution in [2.75, 3.05) is 13.2 Å². The first kappa shape index (κ1) is 54.4. The van der Waals surface area contributed by atoms with E-state index in [4.69, 9.17) is 14.2 Å². The molecule has 56 heavy (non-hydrogen) atoms. The highest BCUT2D eigenvalue weighted by molar-refractivity contribution is 5.71. The van der Waals surface area contributed by atoms with E-state index in [1.165, 1.54) is 173 Å². The third-order valence-corrected chi connectivity index (χ3v) is 11.3. The Morgan fingerprint density at radius 2 is 0.589 bits per heavy atom. The molecule has 0 spiro atoms. The third-order valence-electron chi connectivity index (χ3n) is 11.3. The molecule has 332 valence electrons. The molecule has 0 N–H and O–H groups in total. The highest BCUT2D eigenvalue weighted by Gasteiger charge is 2.19. The zero-order valence-corrected chi connectivity index (χ0v) is 38.1. The molecule has 0 saturated carbocycles. The Morgan fingerprint density at radius 3 is 0.875 bits per heavy atom. The monoisotopic (exact) mass is 793 g/mol. The highest BCUT2D eigenvalue weighted by Crippen LogP contribution is 2.17. The van der Waals surface area contributed by atoms with Crippen LogP contribution in [0, 0.1) is 5.92 Å². The number of esters is 3. The summed E-state index contributed by atoms with van der Waals surface area (Å²) >= 11 is 0. The van der Waals surface area contributed by atoms with E-state index in [9.17, 15) is 14.4 Å². The molecule has 0 fully saturated rings. The quantitative estimate of drug-likeness (QED) is 0.0347. The molecule has 6 nitrogen and oxygen atoms in total. The van der Waals surface area contributed by atoms with Gasteiger partial charge in [0.2, 0.25) is 0 Å². The Balaban J connectivity index is 4.31. The van der Waals surface area contributed by atoms with E-state index in [0.717, 1.165) is 63.7 Å². The van der Waals surface area contributed by atoms with Crippen LogP contribution in [0.25, 0.3) is 0 Å². The molecule has 1 atom stereocenters. The van der Waals surface area contributed by atoms with Crippen LogP contribution in [0.15, 0.2) is 0 Å². The lowest BCUT2D eigenvalue weighted by atomic mass is 10.0. The van der Waals surface area contributed by atoms with E-state index in [1.807, 2.05) is 0 Å². The maximum absolute atomic E-state index is 12.7. The first-order valence-corrected chi connectivity index (χ1v) is 24.9. The minimum absolute atomic E-state index is 0.0631. The molecule has 0 aliphatic carbocycles. The summed E-state index contributed by atoms with van der Waals surface area (Å²) in [6.07, 6.45) is 45.1. The van der Waals surface area contributed by atoms with Crippen LogP contribution in [0.5, 0.6) is 0 Å². The van der Waals surface area contributed by atoms with Crippen molar-refractivity contribution in [1.29, 1.82) is 0 Å². The summed E-state index contributed by atoms with van der Waals surface area (Å²) in [5.74, 6) is -0.0318.